The van der Waals surface area contributed by atoms with E-state index in [0.29, 0.717) is 13.1 Å². The summed E-state index contributed by atoms with van der Waals surface area (Å²) in [4.78, 5) is 31.4. The van der Waals surface area contributed by atoms with Gasteiger partial charge in [0.1, 0.15) is 11.6 Å². The number of ketones is 2. The van der Waals surface area contributed by atoms with Crippen molar-refractivity contribution in [2.45, 2.75) is 20.3 Å². The van der Waals surface area contributed by atoms with Crippen LogP contribution in [0.15, 0.2) is 0 Å². The number of aliphatic carboxylic acids is 1. The van der Waals surface area contributed by atoms with E-state index in [1.54, 1.807) is 0 Å². The smallest absolute Gasteiger partial charge is 0.304 e. The highest BCUT2D eigenvalue weighted by Crippen LogP contribution is 2.05. The molecular weight excluding hydrogens is 200 g/mol. The Bertz CT molecular complexity index is 212. The largest absolute Gasteiger partial charge is 0.481 e. The first-order chi connectivity index (χ1) is 6.86. The van der Waals surface area contributed by atoms with E-state index in [1.165, 1.54) is 13.8 Å². The summed E-state index contributed by atoms with van der Waals surface area (Å²) in [5.74, 6) is -2.87. The Morgan fingerprint density at radius 3 is 1.47 bits per heavy atom. The van der Waals surface area contributed by atoms with Crippen molar-refractivity contribution in [2.24, 2.45) is 17.4 Å². The lowest BCUT2D eigenvalue weighted by Gasteiger charge is -2.04. The van der Waals surface area contributed by atoms with E-state index in [0.717, 1.165) is 0 Å². The molecule has 0 aliphatic heterocycles. The van der Waals surface area contributed by atoms with Gasteiger partial charge in [0.25, 0.3) is 0 Å². The van der Waals surface area contributed by atoms with Crippen molar-refractivity contribution in [3.63, 3.8) is 0 Å². The second-order valence-corrected chi connectivity index (χ2v) is 2.95. The first-order valence-corrected chi connectivity index (χ1v) is 4.49. The normalized spacial score (nSPS) is 9.13. The van der Waals surface area contributed by atoms with Crippen LogP contribution in [0.3, 0.4) is 0 Å². The summed E-state index contributed by atoms with van der Waals surface area (Å²) in [6.07, 6.45) is -0.398. The predicted molar refractivity (Wildman–Crippen MR) is 55.2 cm³/mol. The van der Waals surface area contributed by atoms with Crippen LogP contribution in [0, 0.1) is 5.92 Å². The third-order valence-electron chi connectivity index (χ3n) is 1.53. The van der Waals surface area contributed by atoms with Crippen LogP contribution in [0.25, 0.3) is 0 Å². The fourth-order valence-electron chi connectivity index (χ4n) is 0.748. The molecule has 6 heteroatoms. The van der Waals surface area contributed by atoms with Gasteiger partial charge in [-0.1, -0.05) is 0 Å². The Hall–Kier alpha value is -1.27. The first-order valence-electron chi connectivity index (χ1n) is 4.49. The molecule has 0 saturated carbocycles. The minimum absolute atomic E-state index is 0.389. The fourth-order valence-corrected chi connectivity index (χ4v) is 0.748. The molecule has 0 saturated heterocycles. The molecule has 0 rings (SSSR count). The number of carboxylic acid groups (broad SMARTS) is 1. The molecule has 0 aliphatic rings. The van der Waals surface area contributed by atoms with E-state index < -0.39 is 18.3 Å². The molecule has 0 spiro atoms. The highest BCUT2D eigenvalue weighted by atomic mass is 16.4. The molecule has 0 aromatic carbocycles. The number of carboxylic acids is 1. The summed E-state index contributed by atoms with van der Waals surface area (Å²) in [7, 11) is 0. The van der Waals surface area contributed by atoms with E-state index in [4.69, 9.17) is 16.6 Å². The second-order valence-electron chi connectivity index (χ2n) is 2.95. The fraction of sp³-hybridized carbons (Fsp3) is 0.667. The highest BCUT2D eigenvalue weighted by Gasteiger charge is 2.22. The van der Waals surface area contributed by atoms with Crippen LogP contribution in [-0.4, -0.2) is 35.7 Å². The van der Waals surface area contributed by atoms with Crippen molar-refractivity contribution in [2.75, 3.05) is 13.1 Å². The molecule has 0 aromatic heterocycles. The van der Waals surface area contributed by atoms with Crippen LogP contribution in [0.1, 0.15) is 20.3 Å². The first kappa shape index (κ1) is 16.2. The number of rotatable bonds is 5. The highest BCUT2D eigenvalue weighted by molar-refractivity contribution is 6.02. The number of Topliss-reactive ketones (excluding diaryl/α,β-unsaturated/α-hetero) is 2. The molecule has 0 aromatic rings. The lowest BCUT2D eigenvalue weighted by molar-refractivity contribution is -0.143. The van der Waals surface area contributed by atoms with Crippen LogP contribution in [-0.2, 0) is 14.4 Å². The summed E-state index contributed by atoms with van der Waals surface area (Å²) < 4.78 is 0. The minimum Gasteiger partial charge on any atom is -0.481 e. The maximum atomic E-state index is 10.6. The van der Waals surface area contributed by atoms with Gasteiger partial charge < -0.3 is 16.6 Å². The van der Waals surface area contributed by atoms with Gasteiger partial charge in [-0.05, 0) is 13.8 Å². The van der Waals surface area contributed by atoms with Crippen molar-refractivity contribution in [3.05, 3.63) is 0 Å². The lowest BCUT2D eigenvalue weighted by Crippen LogP contribution is -2.22. The zero-order chi connectivity index (χ0) is 12.4. The van der Waals surface area contributed by atoms with E-state index in [2.05, 4.69) is 0 Å². The third-order valence-corrected chi connectivity index (χ3v) is 1.53. The van der Waals surface area contributed by atoms with Crippen LogP contribution >= 0.6 is 0 Å². The van der Waals surface area contributed by atoms with Crippen molar-refractivity contribution >= 4 is 17.5 Å². The van der Waals surface area contributed by atoms with Gasteiger partial charge in [-0.2, -0.15) is 0 Å². The zero-order valence-corrected chi connectivity index (χ0v) is 9.03. The molecule has 0 aliphatic carbocycles. The Labute approximate surface area is 88.6 Å². The van der Waals surface area contributed by atoms with Gasteiger partial charge in [0.15, 0.2) is 0 Å². The number of carbonyl (C=O) groups is 3. The SMILES string of the molecule is CC(=O)C(CC(=O)O)C(C)=O.NCCN. The topological polar surface area (TPSA) is 123 Å². The molecule has 15 heavy (non-hydrogen) atoms. The maximum absolute atomic E-state index is 10.6. The second kappa shape index (κ2) is 9.29. The van der Waals surface area contributed by atoms with Crippen molar-refractivity contribution < 1.29 is 19.5 Å². The van der Waals surface area contributed by atoms with Crippen LogP contribution < -0.4 is 11.5 Å². The number of hydrogen-bond acceptors (Lipinski definition) is 5. The molecule has 0 bridgehead atoms. The zero-order valence-electron chi connectivity index (χ0n) is 9.03. The van der Waals surface area contributed by atoms with Gasteiger partial charge in [0, 0.05) is 13.1 Å². The van der Waals surface area contributed by atoms with Crippen LogP contribution in [0.5, 0.6) is 0 Å². The summed E-state index contributed by atoms with van der Waals surface area (Å²) >= 11 is 0. The molecule has 0 radical (unpaired) electrons. The van der Waals surface area contributed by atoms with Gasteiger partial charge >= 0.3 is 5.97 Å². The van der Waals surface area contributed by atoms with E-state index in [1.807, 2.05) is 0 Å². The van der Waals surface area contributed by atoms with Gasteiger partial charge in [0.05, 0.1) is 12.3 Å². The molecule has 0 unspecified atom stereocenters. The number of carbonyl (C=O) groups excluding carboxylic acids is 2. The Balaban J connectivity index is 0. The summed E-state index contributed by atoms with van der Waals surface area (Å²) in [6, 6.07) is 0. The molecule has 5 N–H and O–H groups in total. The van der Waals surface area contributed by atoms with Gasteiger partial charge in [-0.25, -0.2) is 0 Å². The lowest BCUT2D eigenvalue weighted by atomic mass is 9.97. The van der Waals surface area contributed by atoms with E-state index in [-0.39, 0.29) is 11.6 Å². The standard InChI is InChI=1S/C7H10O4.C2H8N2/c1-4(8)6(5(2)9)3-7(10)11;3-1-2-4/h6H,3H2,1-2H3,(H,10,11);1-4H2. The van der Waals surface area contributed by atoms with Crippen LogP contribution in [0.4, 0.5) is 0 Å². The Kier molecular flexibility index (Phi) is 10.0. The summed E-state index contributed by atoms with van der Waals surface area (Å²) in [5.41, 5.74) is 9.81. The van der Waals surface area contributed by atoms with Crippen molar-refractivity contribution in [1.29, 1.82) is 0 Å². The number of hydrogen-bond donors (Lipinski definition) is 3. The predicted octanol–water partition coefficient (Wildman–Crippen LogP) is -0.841. The average Bonchev–Trinajstić information content (AvgIpc) is 2.13. The molecule has 0 fully saturated rings. The molecular formula is C9H18N2O4. The van der Waals surface area contributed by atoms with Gasteiger partial charge in [0.2, 0.25) is 0 Å². The van der Waals surface area contributed by atoms with Gasteiger partial charge in [-0.3, -0.25) is 14.4 Å². The monoisotopic (exact) mass is 218 g/mol. The number of nitrogens with two attached hydrogens (primary N) is 2. The molecule has 0 atom stereocenters. The molecule has 6 nitrogen and oxygen atoms in total. The summed E-state index contributed by atoms with van der Waals surface area (Å²) in [5, 5.41) is 8.28. The molecule has 0 heterocycles. The average molecular weight is 218 g/mol. The maximum Gasteiger partial charge on any atom is 0.304 e. The van der Waals surface area contributed by atoms with E-state index >= 15 is 0 Å². The van der Waals surface area contributed by atoms with Crippen molar-refractivity contribution in [3.8, 4) is 0 Å². The Morgan fingerprint density at radius 1 is 1.07 bits per heavy atom. The summed E-state index contributed by atoms with van der Waals surface area (Å²) in [6.45, 7) is 3.63. The third kappa shape index (κ3) is 10.7. The van der Waals surface area contributed by atoms with Crippen molar-refractivity contribution in [1.82, 2.24) is 0 Å². The van der Waals surface area contributed by atoms with Crippen LogP contribution in [0.2, 0.25) is 0 Å². The Morgan fingerprint density at radius 2 is 1.40 bits per heavy atom. The molecule has 0 amide bonds. The van der Waals surface area contributed by atoms with Gasteiger partial charge in [-0.15, -0.1) is 0 Å². The quantitative estimate of drug-likeness (QED) is 0.517. The minimum atomic E-state index is -1.12. The van der Waals surface area contributed by atoms with E-state index in [9.17, 15) is 14.4 Å². The molecule has 88 valence electrons.